The van der Waals surface area contributed by atoms with Gasteiger partial charge in [-0.3, -0.25) is 0 Å². The number of carbonyl (C=O) groups is 1. The topological polar surface area (TPSA) is 37.3 Å². The van der Waals surface area contributed by atoms with E-state index in [0.29, 0.717) is 0 Å². The molecule has 24 heavy (non-hydrogen) atoms. The van der Waals surface area contributed by atoms with E-state index in [0.717, 1.165) is 17.4 Å². The molecule has 0 aromatic heterocycles. The first kappa shape index (κ1) is 18.5. The van der Waals surface area contributed by atoms with Gasteiger partial charge in [0.05, 0.1) is 0 Å². The van der Waals surface area contributed by atoms with Crippen LogP contribution in [-0.4, -0.2) is 11.1 Å². The van der Waals surface area contributed by atoms with Crippen LogP contribution in [0.15, 0.2) is 58.7 Å². The smallest absolute Gasteiger partial charge is 0.328 e. The number of allylic oxidation sites excluding steroid dienone is 9. The Balaban J connectivity index is 2.10. The molecule has 0 radical (unpaired) electrons. The summed E-state index contributed by atoms with van der Waals surface area (Å²) in [6.07, 6.45) is 15.5. The third-order valence-corrected chi connectivity index (χ3v) is 5.48. The van der Waals surface area contributed by atoms with Gasteiger partial charge in [-0.05, 0) is 68.4 Å². The van der Waals surface area contributed by atoms with Crippen molar-refractivity contribution in [2.45, 2.75) is 53.9 Å². The number of rotatable bonds is 5. The molecule has 0 aromatic carbocycles. The molecule has 0 bridgehead atoms. The number of aliphatic carboxylic acids is 1. The average Bonchev–Trinajstić information content (AvgIpc) is 2.41. The van der Waals surface area contributed by atoms with Gasteiger partial charge in [0.1, 0.15) is 0 Å². The second-order valence-electron chi connectivity index (χ2n) is 7.96. The second-order valence-corrected chi connectivity index (χ2v) is 7.96. The molecule has 2 rings (SSSR count). The Morgan fingerprint density at radius 3 is 2.46 bits per heavy atom. The first-order valence-corrected chi connectivity index (χ1v) is 8.86. The van der Waals surface area contributed by atoms with Crippen LogP contribution in [0, 0.1) is 17.3 Å². The lowest BCUT2D eigenvalue weighted by Gasteiger charge is -2.49. The molecular formula is C22H30O2. The molecule has 130 valence electrons. The zero-order chi connectivity index (χ0) is 17.9. The van der Waals surface area contributed by atoms with E-state index in [1.54, 1.807) is 12.5 Å². The van der Waals surface area contributed by atoms with Gasteiger partial charge in [0.2, 0.25) is 0 Å². The van der Waals surface area contributed by atoms with Gasteiger partial charge in [-0.1, -0.05) is 55.4 Å². The molecule has 1 N–H and O–H groups in total. The van der Waals surface area contributed by atoms with Crippen molar-refractivity contribution in [3.05, 3.63) is 58.7 Å². The highest BCUT2D eigenvalue weighted by Crippen LogP contribution is 2.54. The molecule has 1 saturated carbocycles. The van der Waals surface area contributed by atoms with Crippen LogP contribution < -0.4 is 0 Å². The summed E-state index contributed by atoms with van der Waals surface area (Å²) in [5.41, 5.74) is 5.25. The Morgan fingerprint density at radius 1 is 1.17 bits per heavy atom. The zero-order valence-electron chi connectivity index (χ0n) is 15.6. The van der Waals surface area contributed by atoms with Gasteiger partial charge in [-0.15, -0.1) is 0 Å². The summed E-state index contributed by atoms with van der Waals surface area (Å²) in [5.74, 6) is 0.806. The van der Waals surface area contributed by atoms with Crippen LogP contribution in [0.2, 0.25) is 0 Å². The standard InChI is InChI=1S/C22H30O2/c1-15(7-6-8-16(2)13-21(23)24)9-12-20-17(3)19-11-10-18(19)14-22(20,4)5/h6-9,12-13,18-19H,10-11,14H2,1-5H3,(H,23,24)/b8-6+,12-9+,15-7+,16-13+/t18?,19-/m1/s1. The maximum Gasteiger partial charge on any atom is 0.328 e. The molecule has 2 aliphatic carbocycles. The molecule has 0 saturated heterocycles. The molecule has 0 heterocycles. The minimum atomic E-state index is -0.908. The fourth-order valence-corrected chi connectivity index (χ4v) is 4.10. The Hall–Kier alpha value is -1.83. The van der Waals surface area contributed by atoms with Gasteiger partial charge in [0, 0.05) is 6.08 Å². The molecule has 0 amide bonds. The highest BCUT2D eigenvalue weighted by Gasteiger charge is 2.42. The van der Waals surface area contributed by atoms with Crippen molar-refractivity contribution in [2.24, 2.45) is 17.3 Å². The largest absolute Gasteiger partial charge is 0.478 e. The summed E-state index contributed by atoms with van der Waals surface area (Å²) in [5, 5.41) is 8.70. The fourth-order valence-electron chi connectivity index (χ4n) is 4.10. The number of hydrogen-bond acceptors (Lipinski definition) is 1. The Bertz CT molecular complexity index is 653. The summed E-state index contributed by atoms with van der Waals surface area (Å²) in [4.78, 5) is 10.6. The number of carboxylic acid groups (broad SMARTS) is 1. The molecule has 2 atom stereocenters. The van der Waals surface area contributed by atoms with Crippen LogP contribution >= 0.6 is 0 Å². The van der Waals surface area contributed by atoms with Crippen molar-refractivity contribution in [1.29, 1.82) is 0 Å². The van der Waals surface area contributed by atoms with E-state index < -0.39 is 5.97 Å². The van der Waals surface area contributed by atoms with Crippen molar-refractivity contribution < 1.29 is 9.90 Å². The molecular weight excluding hydrogens is 296 g/mol. The maximum atomic E-state index is 10.6. The predicted molar refractivity (Wildman–Crippen MR) is 101 cm³/mol. The molecule has 2 aliphatic rings. The van der Waals surface area contributed by atoms with Crippen molar-refractivity contribution in [1.82, 2.24) is 0 Å². The molecule has 1 unspecified atom stereocenters. The number of carboxylic acids is 1. The van der Waals surface area contributed by atoms with Crippen LogP contribution in [-0.2, 0) is 4.79 Å². The van der Waals surface area contributed by atoms with Crippen molar-refractivity contribution in [3.8, 4) is 0 Å². The highest BCUT2D eigenvalue weighted by molar-refractivity contribution is 5.81. The van der Waals surface area contributed by atoms with E-state index >= 15 is 0 Å². The molecule has 0 spiro atoms. The first-order chi connectivity index (χ1) is 11.2. The van der Waals surface area contributed by atoms with Gasteiger partial charge in [0.25, 0.3) is 0 Å². The Morgan fingerprint density at radius 2 is 1.88 bits per heavy atom. The van der Waals surface area contributed by atoms with Crippen LogP contribution in [0.25, 0.3) is 0 Å². The quantitative estimate of drug-likeness (QED) is 0.508. The molecule has 0 aromatic rings. The summed E-state index contributed by atoms with van der Waals surface area (Å²) in [7, 11) is 0. The summed E-state index contributed by atoms with van der Waals surface area (Å²) >= 11 is 0. The summed E-state index contributed by atoms with van der Waals surface area (Å²) in [6.45, 7) is 10.9. The van der Waals surface area contributed by atoms with Crippen LogP contribution in [0.3, 0.4) is 0 Å². The average molecular weight is 326 g/mol. The minimum Gasteiger partial charge on any atom is -0.478 e. The Kier molecular flexibility index (Phi) is 5.69. The molecule has 0 aliphatic heterocycles. The Labute approximate surface area is 146 Å². The van der Waals surface area contributed by atoms with Crippen LogP contribution in [0.4, 0.5) is 0 Å². The van der Waals surface area contributed by atoms with E-state index in [-0.39, 0.29) is 5.41 Å². The van der Waals surface area contributed by atoms with Crippen molar-refractivity contribution >= 4 is 5.97 Å². The van der Waals surface area contributed by atoms with Crippen LogP contribution in [0.5, 0.6) is 0 Å². The van der Waals surface area contributed by atoms with Gasteiger partial charge >= 0.3 is 5.97 Å². The van der Waals surface area contributed by atoms with E-state index in [4.69, 9.17) is 5.11 Å². The maximum absolute atomic E-state index is 10.6. The third kappa shape index (κ3) is 4.37. The second kappa shape index (κ2) is 7.38. The lowest BCUT2D eigenvalue weighted by atomic mass is 9.56. The normalized spacial score (nSPS) is 27.5. The third-order valence-electron chi connectivity index (χ3n) is 5.48. The van der Waals surface area contributed by atoms with Gasteiger partial charge < -0.3 is 5.11 Å². The van der Waals surface area contributed by atoms with E-state index in [2.05, 4.69) is 39.8 Å². The fraction of sp³-hybridized carbons (Fsp3) is 0.500. The molecule has 1 fully saturated rings. The minimum absolute atomic E-state index is 0.263. The summed E-state index contributed by atoms with van der Waals surface area (Å²) < 4.78 is 0. The summed E-state index contributed by atoms with van der Waals surface area (Å²) in [6, 6.07) is 0. The lowest BCUT2D eigenvalue weighted by molar-refractivity contribution is -0.131. The zero-order valence-corrected chi connectivity index (χ0v) is 15.6. The van der Waals surface area contributed by atoms with E-state index in [9.17, 15) is 4.79 Å². The lowest BCUT2D eigenvalue weighted by Crippen LogP contribution is -2.37. The van der Waals surface area contributed by atoms with Gasteiger partial charge in [-0.2, -0.15) is 0 Å². The van der Waals surface area contributed by atoms with E-state index in [1.165, 1.54) is 36.5 Å². The number of hydrogen-bond donors (Lipinski definition) is 1. The SMILES string of the molecule is CC1=C(/C=C/C(C)=C/C=C/C(C)=C/C(=O)O)C(C)(C)CC2CC[C@H]12. The van der Waals surface area contributed by atoms with Crippen molar-refractivity contribution in [2.75, 3.05) is 0 Å². The van der Waals surface area contributed by atoms with Gasteiger partial charge in [-0.25, -0.2) is 4.79 Å². The van der Waals surface area contributed by atoms with Crippen molar-refractivity contribution in [3.63, 3.8) is 0 Å². The first-order valence-electron chi connectivity index (χ1n) is 8.86. The highest BCUT2D eigenvalue weighted by atomic mass is 16.4. The number of fused-ring (bicyclic) bond motifs is 1. The molecule has 2 heteroatoms. The predicted octanol–water partition coefficient (Wildman–Crippen LogP) is 5.85. The van der Waals surface area contributed by atoms with E-state index in [1.807, 2.05) is 18.2 Å². The van der Waals surface area contributed by atoms with Gasteiger partial charge in [0.15, 0.2) is 0 Å². The monoisotopic (exact) mass is 326 g/mol. The van der Waals surface area contributed by atoms with Crippen LogP contribution in [0.1, 0.15) is 53.9 Å². The molecule has 2 nitrogen and oxygen atoms in total.